The fourth-order valence-electron chi connectivity index (χ4n) is 1.87. The van der Waals surface area contributed by atoms with E-state index >= 15 is 0 Å². The smallest absolute Gasteiger partial charge is 0.358 e. The Labute approximate surface area is 117 Å². The van der Waals surface area contributed by atoms with Gasteiger partial charge < -0.3 is 10.4 Å². The second-order valence-electron chi connectivity index (χ2n) is 4.76. The molecule has 2 N–H and O–H groups in total. The zero-order valence-corrected chi connectivity index (χ0v) is 11.6. The lowest BCUT2D eigenvalue weighted by Crippen LogP contribution is -2.23. The fraction of sp³-hybridized carbons (Fsp3) is 0.357. The zero-order chi connectivity index (χ0) is 14.5. The van der Waals surface area contributed by atoms with Crippen molar-refractivity contribution < 1.29 is 9.90 Å². The highest BCUT2D eigenvalue weighted by Gasteiger charge is 2.08. The van der Waals surface area contributed by atoms with Crippen LogP contribution >= 0.6 is 0 Å². The topological polar surface area (TPSA) is 80.0 Å². The van der Waals surface area contributed by atoms with Crippen molar-refractivity contribution in [2.75, 3.05) is 6.54 Å². The first kappa shape index (κ1) is 14.2. The number of rotatable bonds is 6. The van der Waals surface area contributed by atoms with Gasteiger partial charge in [-0.1, -0.05) is 35.0 Å². The van der Waals surface area contributed by atoms with Gasteiger partial charge in [0.2, 0.25) is 0 Å². The van der Waals surface area contributed by atoms with Crippen molar-refractivity contribution in [3.8, 4) is 0 Å². The first-order valence-corrected chi connectivity index (χ1v) is 6.49. The molecule has 0 aliphatic rings. The average Bonchev–Trinajstić information content (AvgIpc) is 2.88. The molecule has 1 atom stereocenters. The number of aryl methyl sites for hydroxylation is 1. The van der Waals surface area contributed by atoms with E-state index in [1.165, 1.54) is 22.0 Å². The molecule has 0 bridgehead atoms. The van der Waals surface area contributed by atoms with Crippen LogP contribution in [-0.4, -0.2) is 32.6 Å². The Balaban J connectivity index is 1.82. The molecule has 0 unspecified atom stereocenters. The summed E-state index contributed by atoms with van der Waals surface area (Å²) in [7, 11) is 0. The third-order valence-corrected chi connectivity index (χ3v) is 3.13. The van der Waals surface area contributed by atoms with E-state index in [2.05, 4.69) is 53.7 Å². The molecule has 1 aromatic carbocycles. The van der Waals surface area contributed by atoms with Crippen molar-refractivity contribution in [2.45, 2.75) is 26.4 Å². The summed E-state index contributed by atoms with van der Waals surface area (Å²) in [6, 6.07) is 8.61. The quantitative estimate of drug-likeness (QED) is 0.837. The highest BCUT2D eigenvalue weighted by atomic mass is 16.4. The minimum Gasteiger partial charge on any atom is -0.476 e. The van der Waals surface area contributed by atoms with Crippen molar-refractivity contribution >= 4 is 5.97 Å². The maximum atomic E-state index is 10.7. The fourth-order valence-corrected chi connectivity index (χ4v) is 1.87. The molecule has 0 aliphatic carbocycles. The number of hydrogen-bond acceptors (Lipinski definition) is 4. The summed E-state index contributed by atoms with van der Waals surface area (Å²) in [5, 5.41) is 19.5. The molecule has 0 amide bonds. The molecule has 2 rings (SSSR count). The van der Waals surface area contributed by atoms with Crippen molar-refractivity contribution in [1.82, 2.24) is 20.3 Å². The first-order valence-electron chi connectivity index (χ1n) is 6.49. The van der Waals surface area contributed by atoms with E-state index in [0.717, 1.165) is 0 Å². The molecule has 20 heavy (non-hydrogen) atoms. The number of benzene rings is 1. The number of carboxylic acids is 1. The van der Waals surface area contributed by atoms with Crippen LogP contribution in [0.1, 0.15) is 34.6 Å². The second kappa shape index (κ2) is 6.29. The lowest BCUT2D eigenvalue weighted by atomic mass is 10.1. The summed E-state index contributed by atoms with van der Waals surface area (Å²) in [6.07, 6.45) is 1.43. The van der Waals surface area contributed by atoms with E-state index in [1.807, 2.05) is 0 Å². The van der Waals surface area contributed by atoms with Gasteiger partial charge in [-0.2, -0.15) is 0 Å². The third kappa shape index (κ3) is 3.64. The summed E-state index contributed by atoms with van der Waals surface area (Å²) >= 11 is 0. The molecule has 2 aromatic rings. The van der Waals surface area contributed by atoms with Crippen molar-refractivity contribution in [3.05, 3.63) is 47.3 Å². The minimum absolute atomic E-state index is 0.0309. The molecule has 106 valence electrons. The molecule has 0 spiro atoms. The first-order chi connectivity index (χ1) is 9.56. The monoisotopic (exact) mass is 274 g/mol. The van der Waals surface area contributed by atoms with Crippen LogP contribution in [0.5, 0.6) is 0 Å². The van der Waals surface area contributed by atoms with Crippen LogP contribution in [-0.2, 0) is 6.54 Å². The lowest BCUT2D eigenvalue weighted by Gasteiger charge is -2.14. The molecular weight excluding hydrogens is 256 g/mol. The molecule has 1 heterocycles. The molecular formula is C14H18N4O2. The SMILES string of the molecule is Cc1ccc([C@@H](C)NCCn2cc(C(=O)O)nn2)cc1. The van der Waals surface area contributed by atoms with Gasteiger partial charge in [0.25, 0.3) is 0 Å². The van der Waals surface area contributed by atoms with E-state index in [0.29, 0.717) is 13.1 Å². The zero-order valence-electron chi connectivity index (χ0n) is 11.6. The van der Waals surface area contributed by atoms with Gasteiger partial charge in [0.05, 0.1) is 12.7 Å². The molecule has 0 radical (unpaired) electrons. The minimum atomic E-state index is -1.06. The normalized spacial score (nSPS) is 12.3. The molecule has 0 fully saturated rings. The van der Waals surface area contributed by atoms with Gasteiger partial charge in [-0.05, 0) is 19.4 Å². The Bertz CT molecular complexity index is 577. The molecule has 0 saturated heterocycles. The van der Waals surface area contributed by atoms with Crippen molar-refractivity contribution in [1.29, 1.82) is 0 Å². The number of nitrogens with one attached hydrogen (secondary N) is 1. The summed E-state index contributed by atoms with van der Waals surface area (Å²) < 4.78 is 1.53. The molecule has 6 heteroatoms. The highest BCUT2D eigenvalue weighted by Crippen LogP contribution is 2.12. The van der Waals surface area contributed by atoms with Crippen LogP contribution in [0, 0.1) is 6.92 Å². The van der Waals surface area contributed by atoms with Gasteiger partial charge in [0.15, 0.2) is 5.69 Å². The number of hydrogen-bond donors (Lipinski definition) is 2. The van der Waals surface area contributed by atoms with E-state index < -0.39 is 5.97 Å². The molecule has 1 aromatic heterocycles. The molecule has 6 nitrogen and oxygen atoms in total. The number of nitrogens with zero attached hydrogens (tertiary/aromatic N) is 3. The van der Waals surface area contributed by atoms with Gasteiger partial charge in [-0.3, -0.25) is 4.68 Å². The number of carboxylic acid groups (broad SMARTS) is 1. The lowest BCUT2D eigenvalue weighted by molar-refractivity contribution is 0.0690. The number of aromatic nitrogens is 3. The average molecular weight is 274 g/mol. The van der Waals surface area contributed by atoms with Crippen molar-refractivity contribution in [3.63, 3.8) is 0 Å². The van der Waals surface area contributed by atoms with Crippen LogP contribution in [0.4, 0.5) is 0 Å². The van der Waals surface area contributed by atoms with Crippen molar-refractivity contribution in [2.24, 2.45) is 0 Å². The van der Waals surface area contributed by atoms with E-state index in [9.17, 15) is 4.79 Å². The standard InChI is InChI=1S/C14H18N4O2/c1-10-3-5-12(6-4-10)11(2)15-7-8-18-9-13(14(19)20)16-17-18/h3-6,9,11,15H,7-8H2,1-2H3,(H,19,20)/t11-/m1/s1. The second-order valence-corrected chi connectivity index (χ2v) is 4.76. The van der Waals surface area contributed by atoms with Gasteiger partial charge in [0.1, 0.15) is 0 Å². The van der Waals surface area contributed by atoms with Crippen LogP contribution in [0.2, 0.25) is 0 Å². The summed E-state index contributed by atoms with van der Waals surface area (Å²) in [5.41, 5.74) is 2.43. The molecule has 0 aliphatic heterocycles. The van der Waals surface area contributed by atoms with Gasteiger partial charge in [-0.25, -0.2) is 4.79 Å². The molecule has 0 saturated carbocycles. The number of aromatic carboxylic acids is 1. The van der Waals surface area contributed by atoms with E-state index in [4.69, 9.17) is 5.11 Å². The number of carbonyl (C=O) groups is 1. The predicted molar refractivity (Wildman–Crippen MR) is 74.6 cm³/mol. The summed E-state index contributed by atoms with van der Waals surface area (Å²) in [4.78, 5) is 10.7. The van der Waals surface area contributed by atoms with E-state index in [1.54, 1.807) is 0 Å². The largest absolute Gasteiger partial charge is 0.476 e. The predicted octanol–water partition coefficient (Wildman–Crippen LogP) is 1.64. The van der Waals surface area contributed by atoms with Gasteiger partial charge >= 0.3 is 5.97 Å². The van der Waals surface area contributed by atoms with Crippen LogP contribution in [0.3, 0.4) is 0 Å². The summed E-state index contributed by atoms with van der Waals surface area (Å²) in [5.74, 6) is -1.06. The maximum absolute atomic E-state index is 10.7. The Morgan fingerprint density at radius 1 is 1.40 bits per heavy atom. The highest BCUT2D eigenvalue weighted by molar-refractivity contribution is 5.84. The van der Waals surface area contributed by atoms with Gasteiger partial charge in [0, 0.05) is 12.6 Å². The van der Waals surface area contributed by atoms with E-state index in [-0.39, 0.29) is 11.7 Å². The third-order valence-electron chi connectivity index (χ3n) is 3.13. The Kier molecular flexibility index (Phi) is 4.47. The van der Waals surface area contributed by atoms with Crippen LogP contribution in [0.15, 0.2) is 30.5 Å². The van der Waals surface area contributed by atoms with Gasteiger partial charge in [-0.15, -0.1) is 5.10 Å². The Hall–Kier alpha value is -2.21. The Morgan fingerprint density at radius 3 is 2.70 bits per heavy atom. The maximum Gasteiger partial charge on any atom is 0.358 e. The Morgan fingerprint density at radius 2 is 2.10 bits per heavy atom. The summed E-state index contributed by atoms with van der Waals surface area (Å²) in [6.45, 7) is 5.43. The van der Waals surface area contributed by atoms with Crippen LogP contribution < -0.4 is 5.32 Å². The van der Waals surface area contributed by atoms with Crippen LogP contribution in [0.25, 0.3) is 0 Å².